The van der Waals surface area contributed by atoms with E-state index in [0.29, 0.717) is 17.9 Å². The first-order chi connectivity index (χ1) is 12.0. The number of nitrogens with zero attached hydrogens (tertiary/aromatic N) is 1. The summed E-state index contributed by atoms with van der Waals surface area (Å²) in [6.45, 7) is 2.05. The van der Waals surface area contributed by atoms with E-state index in [4.69, 9.17) is 4.74 Å². The summed E-state index contributed by atoms with van der Waals surface area (Å²) in [5.74, 6) is -0.724. The van der Waals surface area contributed by atoms with E-state index >= 15 is 0 Å². The molecule has 2 amide bonds. The number of rotatable bonds is 3. The molecule has 2 bridgehead atoms. The molecule has 132 valence electrons. The van der Waals surface area contributed by atoms with Crippen molar-refractivity contribution in [3.8, 4) is 0 Å². The fourth-order valence-electron chi connectivity index (χ4n) is 4.56. The summed E-state index contributed by atoms with van der Waals surface area (Å²) in [4.78, 5) is 39.4. The van der Waals surface area contributed by atoms with Gasteiger partial charge in [0.05, 0.1) is 29.7 Å². The lowest BCUT2D eigenvalue weighted by Gasteiger charge is -2.28. The number of fused-ring (bicyclic) bond motifs is 5. The van der Waals surface area contributed by atoms with Crippen molar-refractivity contribution in [2.75, 3.05) is 11.5 Å². The molecule has 4 rings (SSSR count). The van der Waals surface area contributed by atoms with Crippen LogP contribution in [0.1, 0.15) is 23.7 Å². The van der Waals surface area contributed by atoms with Gasteiger partial charge in [-0.2, -0.15) is 0 Å². The van der Waals surface area contributed by atoms with Gasteiger partial charge >= 0.3 is 5.97 Å². The van der Waals surface area contributed by atoms with Gasteiger partial charge in [-0.3, -0.25) is 14.5 Å². The third-order valence-corrected chi connectivity index (χ3v) is 8.83. The molecule has 1 heterocycles. The van der Waals surface area contributed by atoms with Crippen LogP contribution in [0.2, 0.25) is 0 Å². The second-order valence-corrected chi connectivity index (χ2v) is 8.90. The number of ether oxygens (including phenoxy) is 1. The maximum Gasteiger partial charge on any atom is 0.338 e. The number of esters is 1. The zero-order valence-corrected chi connectivity index (χ0v) is 16.7. The van der Waals surface area contributed by atoms with Crippen LogP contribution in [-0.2, 0) is 14.3 Å². The van der Waals surface area contributed by atoms with Crippen LogP contribution in [0.4, 0.5) is 5.69 Å². The topological polar surface area (TPSA) is 63.7 Å². The number of anilines is 1. The first-order valence-electron chi connectivity index (χ1n) is 8.38. The third-order valence-electron chi connectivity index (χ3n) is 5.62. The largest absolute Gasteiger partial charge is 0.462 e. The van der Waals surface area contributed by atoms with Gasteiger partial charge in [0.1, 0.15) is 0 Å². The van der Waals surface area contributed by atoms with Gasteiger partial charge in [0.2, 0.25) is 11.8 Å². The zero-order valence-electron chi connectivity index (χ0n) is 13.5. The second-order valence-electron chi connectivity index (χ2n) is 6.78. The van der Waals surface area contributed by atoms with Crippen LogP contribution in [0.3, 0.4) is 0 Å². The molecule has 0 spiro atoms. The highest BCUT2D eigenvalue weighted by Crippen LogP contribution is 2.60. The van der Waals surface area contributed by atoms with Gasteiger partial charge in [-0.05, 0) is 49.4 Å². The van der Waals surface area contributed by atoms with E-state index in [0.717, 1.165) is 6.42 Å². The Kier molecular flexibility index (Phi) is 4.27. The molecule has 0 aromatic heterocycles. The first-order valence-corrected chi connectivity index (χ1v) is 10.2. The number of alkyl halides is 2. The summed E-state index contributed by atoms with van der Waals surface area (Å²) in [6.07, 6.45) is 0.911. The van der Waals surface area contributed by atoms with Crippen molar-refractivity contribution >= 4 is 55.3 Å². The van der Waals surface area contributed by atoms with Crippen molar-refractivity contribution in [2.45, 2.75) is 23.0 Å². The van der Waals surface area contributed by atoms with Crippen molar-refractivity contribution < 1.29 is 19.1 Å². The van der Waals surface area contributed by atoms with Gasteiger partial charge in [-0.1, -0.05) is 31.9 Å². The summed E-state index contributed by atoms with van der Waals surface area (Å²) in [7, 11) is 0. The molecular weight excluding hydrogens is 454 g/mol. The lowest BCUT2D eigenvalue weighted by atomic mass is 9.81. The lowest BCUT2D eigenvalue weighted by molar-refractivity contribution is -0.123. The van der Waals surface area contributed by atoms with E-state index < -0.39 is 5.97 Å². The number of hydrogen-bond acceptors (Lipinski definition) is 4. The van der Waals surface area contributed by atoms with Crippen LogP contribution in [0, 0.1) is 23.7 Å². The predicted octanol–water partition coefficient (Wildman–Crippen LogP) is 3.15. The molecule has 0 radical (unpaired) electrons. The van der Waals surface area contributed by atoms with E-state index in [1.54, 1.807) is 31.2 Å². The standard InChI is InChI=1S/C18H17Br2NO4/c1-2-25-18(24)8-3-5-9(6-4-8)21-16(22)12-10-7-11(13(12)17(21)23)15(20)14(10)19/h3-6,10-15H,2,7H2,1H3/t10-,11-,12-,13-,14-,15+/m0/s1. The van der Waals surface area contributed by atoms with Crippen LogP contribution in [0.15, 0.2) is 24.3 Å². The third kappa shape index (κ3) is 2.42. The summed E-state index contributed by atoms with van der Waals surface area (Å²) in [5.41, 5.74) is 0.931. The number of carbonyl (C=O) groups is 3. The van der Waals surface area contributed by atoms with Crippen molar-refractivity contribution in [2.24, 2.45) is 23.7 Å². The molecule has 2 aliphatic carbocycles. The summed E-state index contributed by atoms with van der Waals surface area (Å²) >= 11 is 7.36. The van der Waals surface area contributed by atoms with Crippen molar-refractivity contribution in [1.29, 1.82) is 0 Å². The highest BCUT2D eigenvalue weighted by Gasteiger charge is 2.66. The smallest absolute Gasteiger partial charge is 0.338 e. The SMILES string of the molecule is CCOC(=O)c1ccc(N2C(=O)[C@H]3[C@@H]4C[C@H]([C@@H](Br)[C@H]4Br)[C@@H]3C2=O)cc1. The zero-order chi connectivity index (χ0) is 17.9. The highest BCUT2D eigenvalue weighted by atomic mass is 79.9. The van der Waals surface area contributed by atoms with E-state index in [-0.39, 0.29) is 45.1 Å². The van der Waals surface area contributed by atoms with E-state index in [2.05, 4.69) is 31.9 Å². The maximum absolute atomic E-state index is 12.9. The highest BCUT2D eigenvalue weighted by molar-refractivity contribution is 9.12. The molecule has 7 heteroatoms. The lowest BCUT2D eigenvalue weighted by Crippen LogP contribution is -2.37. The minimum absolute atomic E-state index is 0.116. The molecule has 0 N–H and O–H groups in total. The van der Waals surface area contributed by atoms with Gasteiger partial charge in [0.25, 0.3) is 0 Å². The second kappa shape index (κ2) is 6.20. The fraction of sp³-hybridized carbons (Fsp3) is 0.500. The molecule has 25 heavy (non-hydrogen) atoms. The number of benzene rings is 1. The van der Waals surface area contributed by atoms with E-state index in [9.17, 15) is 14.4 Å². The Morgan fingerprint density at radius 2 is 1.60 bits per heavy atom. The fourth-order valence-corrected chi connectivity index (χ4v) is 6.44. The number of halogens is 2. The monoisotopic (exact) mass is 469 g/mol. The molecule has 2 saturated carbocycles. The summed E-state index contributed by atoms with van der Waals surface area (Å²) < 4.78 is 4.96. The van der Waals surface area contributed by atoms with Crippen molar-refractivity contribution in [3.63, 3.8) is 0 Å². The van der Waals surface area contributed by atoms with Gasteiger partial charge in [-0.25, -0.2) is 4.79 Å². The Balaban J connectivity index is 1.61. The molecule has 1 aromatic carbocycles. The van der Waals surface area contributed by atoms with Crippen LogP contribution in [0.5, 0.6) is 0 Å². The van der Waals surface area contributed by atoms with Crippen LogP contribution in [0.25, 0.3) is 0 Å². The van der Waals surface area contributed by atoms with E-state index in [1.807, 2.05) is 0 Å². The number of hydrogen-bond donors (Lipinski definition) is 0. The Labute approximate surface area is 162 Å². The van der Waals surface area contributed by atoms with E-state index in [1.165, 1.54) is 4.90 Å². The predicted molar refractivity (Wildman–Crippen MR) is 98.9 cm³/mol. The molecular formula is C18H17Br2NO4. The molecule has 0 unspecified atom stereocenters. The van der Waals surface area contributed by atoms with Gasteiger partial charge in [-0.15, -0.1) is 0 Å². The van der Waals surface area contributed by atoms with Crippen molar-refractivity contribution in [1.82, 2.24) is 0 Å². The van der Waals surface area contributed by atoms with Crippen LogP contribution in [-0.4, -0.2) is 34.0 Å². The number of amides is 2. The summed E-state index contributed by atoms with van der Waals surface area (Å²) in [5, 5.41) is 0. The number of carbonyl (C=O) groups excluding carboxylic acids is 3. The maximum atomic E-state index is 12.9. The number of imide groups is 1. The summed E-state index contributed by atoms with van der Waals surface area (Å²) in [6, 6.07) is 6.47. The molecule has 3 fully saturated rings. The Hall–Kier alpha value is -1.21. The minimum Gasteiger partial charge on any atom is -0.462 e. The van der Waals surface area contributed by atoms with Crippen LogP contribution < -0.4 is 4.90 Å². The molecule has 1 aromatic rings. The molecule has 1 aliphatic heterocycles. The average Bonchev–Trinajstić information content (AvgIpc) is 3.20. The van der Waals surface area contributed by atoms with Crippen LogP contribution >= 0.6 is 31.9 Å². The van der Waals surface area contributed by atoms with Crippen molar-refractivity contribution in [3.05, 3.63) is 29.8 Å². The normalized spacial score (nSPS) is 36.0. The Bertz CT molecular complexity index is 718. The minimum atomic E-state index is -0.410. The molecule has 3 aliphatic rings. The van der Waals surface area contributed by atoms with Gasteiger partial charge in [0, 0.05) is 9.65 Å². The molecule has 1 saturated heterocycles. The molecule has 6 atom stereocenters. The Morgan fingerprint density at radius 3 is 2.08 bits per heavy atom. The molecule has 5 nitrogen and oxygen atoms in total. The quantitative estimate of drug-likeness (QED) is 0.386. The van der Waals surface area contributed by atoms with Gasteiger partial charge < -0.3 is 4.74 Å². The first kappa shape index (κ1) is 17.2. The Morgan fingerprint density at radius 1 is 1.08 bits per heavy atom. The average molecular weight is 471 g/mol. The van der Waals surface area contributed by atoms with Gasteiger partial charge in [0.15, 0.2) is 0 Å².